The summed E-state index contributed by atoms with van der Waals surface area (Å²) in [5, 5.41) is 7.06. The lowest BCUT2D eigenvalue weighted by Crippen LogP contribution is -2.37. The molecule has 0 aliphatic rings. The number of hydrogen-bond acceptors (Lipinski definition) is 3. The summed E-state index contributed by atoms with van der Waals surface area (Å²) in [4.78, 5) is 12.6. The maximum Gasteiger partial charge on any atom is 0.409 e. The van der Waals surface area contributed by atoms with Gasteiger partial charge in [-0.3, -0.25) is 5.41 Å². The summed E-state index contributed by atoms with van der Waals surface area (Å²) >= 11 is 0. The Kier molecular flexibility index (Phi) is 4.87. The molecule has 0 aliphatic carbocycles. The van der Waals surface area contributed by atoms with E-state index in [1.165, 1.54) is 4.90 Å². The number of hydrogen-bond donors (Lipinski definition) is 2. The second-order valence-electron chi connectivity index (χ2n) is 2.89. The average molecular weight is 187 g/mol. The molecule has 0 saturated carbocycles. The molecule has 1 amide bonds. The molecule has 0 aromatic rings. The van der Waals surface area contributed by atoms with Crippen molar-refractivity contribution in [1.82, 2.24) is 4.90 Å². The lowest BCUT2D eigenvalue weighted by molar-refractivity contribution is 0.105. The normalized spacial score (nSPS) is 11.9. The first-order chi connectivity index (χ1) is 5.99. The molecule has 0 fully saturated rings. The van der Waals surface area contributed by atoms with Crippen LogP contribution in [0.15, 0.2) is 0 Å². The Morgan fingerprint density at radius 2 is 2.23 bits per heavy atom. The Bertz CT molecular complexity index is 194. The number of nitrogens with zero attached hydrogens (tertiary/aromatic N) is 1. The molecule has 1 atom stereocenters. The number of amidine groups is 1. The van der Waals surface area contributed by atoms with Gasteiger partial charge in [-0.2, -0.15) is 0 Å². The Morgan fingerprint density at radius 3 is 2.62 bits per heavy atom. The van der Waals surface area contributed by atoms with Crippen molar-refractivity contribution < 1.29 is 9.53 Å². The van der Waals surface area contributed by atoms with Gasteiger partial charge in [0.2, 0.25) is 0 Å². The monoisotopic (exact) mass is 187 g/mol. The number of carbonyl (C=O) groups is 1. The number of ether oxygens (including phenoxy) is 1. The third-order valence-corrected chi connectivity index (χ3v) is 1.73. The van der Waals surface area contributed by atoms with E-state index >= 15 is 0 Å². The molecule has 0 rings (SSSR count). The molecule has 0 saturated heterocycles. The number of nitrogens with two attached hydrogens (primary N) is 1. The van der Waals surface area contributed by atoms with E-state index in [1.807, 2.05) is 6.92 Å². The number of rotatable bonds is 4. The van der Waals surface area contributed by atoms with E-state index in [1.54, 1.807) is 14.0 Å². The molecule has 5 heteroatoms. The molecule has 13 heavy (non-hydrogen) atoms. The largest absolute Gasteiger partial charge is 0.450 e. The van der Waals surface area contributed by atoms with Crippen molar-refractivity contribution in [1.29, 1.82) is 5.41 Å². The van der Waals surface area contributed by atoms with Crippen LogP contribution in [0, 0.1) is 5.41 Å². The fraction of sp³-hybridized carbons (Fsp3) is 0.750. The van der Waals surface area contributed by atoms with Gasteiger partial charge < -0.3 is 15.4 Å². The van der Waals surface area contributed by atoms with Gasteiger partial charge in [0, 0.05) is 19.5 Å². The van der Waals surface area contributed by atoms with E-state index in [-0.39, 0.29) is 18.0 Å². The van der Waals surface area contributed by atoms with Crippen LogP contribution in [0.3, 0.4) is 0 Å². The fourth-order valence-electron chi connectivity index (χ4n) is 0.860. The van der Waals surface area contributed by atoms with Crippen LogP contribution in [-0.2, 0) is 4.74 Å². The molecule has 0 aliphatic heterocycles. The minimum atomic E-state index is -0.378. The third-order valence-electron chi connectivity index (χ3n) is 1.73. The summed E-state index contributed by atoms with van der Waals surface area (Å²) in [6.45, 7) is 3.93. The lowest BCUT2D eigenvalue weighted by atomic mass is 10.2. The van der Waals surface area contributed by atoms with Crippen molar-refractivity contribution in [3.63, 3.8) is 0 Å². The van der Waals surface area contributed by atoms with E-state index in [2.05, 4.69) is 0 Å². The van der Waals surface area contributed by atoms with Gasteiger partial charge in [-0.05, 0) is 13.8 Å². The van der Waals surface area contributed by atoms with E-state index in [4.69, 9.17) is 15.9 Å². The van der Waals surface area contributed by atoms with Crippen molar-refractivity contribution >= 4 is 11.9 Å². The molecule has 0 aromatic carbocycles. The highest BCUT2D eigenvalue weighted by Gasteiger charge is 2.16. The zero-order valence-corrected chi connectivity index (χ0v) is 8.33. The van der Waals surface area contributed by atoms with Crippen molar-refractivity contribution in [2.75, 3.05) is 13.7 Å². The van der Waals surface area contributed by atoms with Crippen LogP contribution in [0.1, 0.15) is 20.3 Å². The van der Waals surface area contributed by atoms with Gasteiger partial charge >= 0.3 is 6.09 Å². The van der Waals surface area contributed by atoms with Crippen LogP contribution >= 0.6 is 0 Å². The second kappa shape index (κ2) is 5.40. The first-order valence-corrected chi connectivity index (χ1v) is 4.21. The zero-order valence-electron chi connectivity index (χ0n) is 8.33. The van der Waals surface area contributed by atoms with Gasteiger partial charge in [0.05, 0.1) is 12.4 Å². The van der Waals surface area contributed by atoms with E-state index in [0.717, 1.165) is 0 Å². The Hall–Kier alpha value is -1.26. The summed E-state index contributed by atoms with van der Waals surface area (Å²) in [6.07, 6.45) is -0.00812. The highest BCUT2D eigenvalue weighted by molar-refractivity contribution is 5.78. The summed E-state index contributed by atoms with van der Waals surface area (Å²) in [5.74, 6) is 0.0728. The Balaban J connectivity index is 4.00. The van der Waals surface area contributed by atoms with Gasteiger partial charge in [0.1, 0.15) is 0 Å². The van der Waals surface area contributed by atoms with Crippen molar-refractivity contribution in [2.24, 2.45) is 5.73 Å². The van der Waals surface area contributed by atoms with Crippen LogP contribution in [-0.4, -0.2) is 36.5 Å². The first kappa shape index (κ1) is 11.7. The van der Waals surface area contributed by atoms with Crippen LogP contribution in [0.5, 0.6) is 0 Å². The van der Waals surface area contributed by atoms with Crippen LogP contribution in [0.2, 0.25) is 0 Å². The fourth-order valence-corrected chi connectivity index (χ4v) is 0.860. The summed E-state index contributed by atoms with van der Waals surface area (Å²) < 4.78 is 4.78. The van der Waals surface area contributed by atoms with Crippen molar-refractivity contribution in [2.45, 2.75) is 26.3 Å². The molecular weight excluding hydrogens is 170 g/mol. The van der Waals surface area contributed by atoms with Gasteiger partial charge in [0.25, 0.3) is 0 Å². The summed E-state index contributed by atoms with van der Waals surface area (Å²) in [6, 6.07) is -0.100. The van der Waals surface area contributed by atoms with Gasteiger partial charge in [-0.25, -0.2) is 4.79 Å². The van der Waals surface area contributed by atoms with E-state index in [0.29, 0.717) is 13.0 Å². The lowest BCUT2D eigenvalue weighted by Gasteiger charge is -2.23. The minimum absolute atomic E-state index is 0.0728. The predicted octanol–water partition coefficient (Wildman–Crippen LogP) is 0.789. The smallest absolute Gasteiger partial charge is 0.409 e. The van der Waals surface area contributed by atoms with Crippen LogP contribution in [0.25, 0.3) is 0 Å². The molecule has 1 unspecified atom stereocenters. The number of amides is 1. The highest BCUT2D eigenvalue weighted by atomic mass is 16.6. The quantitative estimate of drug-likeness (QED) is 0.504. The highest BCUT2D eigenvalue weighted by Crippen LogP contribution is 2.02. The first-order valence-electron chi connectivity index (χ1n) is 4.21. The minimum Gasteiger partial charge on any atom is -0.450 e. The topological polar surface area (TPSA) is 79.4 Å². The summed E-state index contributed by atoms with van der Waals surface area (Å²) in [7, 11) is 1.63. The molecule has 0 bridgehead atoms. The van der Waals surface area contributed by atoms with Crippen molar-refractivity contribution in [3.8, 4) is 0 Å². The molecule has 5 nitrogen and oxygen atoms in total. The maximum atomic E-state index is 11.2. The molecule has 0 spiro atoms. The Labute approximate surface area is 78.4 Å². The van der Waals surface area contributed by atoms with Crippen LogP contribution in [0.4, 0.5) is 4.79 Å². The van der Waals surface area contributed by atoms with E-state index < -0.39 is 0 Å². The molecule has 0 heterocycles. The molecule has 0 radical (unpaired) electrons. The maximum absolute atomic E-state index is 11.2. The SMILES string of the molecule is CCOC(=O)N(C)C(C)CC(=N)N. The van der Waals surface area contributed by atoms with Gasteiger partial charge in [0.15, 0.2) is 0 Å². The van der Waals surface area contributed by atoms with E-state index in [9.17, 15) is 4.79 Å². The number of nitrogens with one attached hydrogen (secondary N) is 1. The standard InChI is InChI=1S/C8H17N3O2/c1-4-13-8(12)11(3)6(2)5-7(9)10/h6H,4-5H2,1-3H3,(H3,9,10). The number of carbonyl (C=O) groups excluding carboxylic acids is 1. The van der Waals surface area contributed by atoms with Gasteiger partial charge in [-0.15, -0.1) is 0 Å². The summed E-state index contributed by atoms with van der Waals surface area (Å²) in [5.41, 5.74) is 5.21. The molecule has 3 N–H and O–H groups in total. The second-order valence-corrected chi connectivity index (χ2v) is 2.89. The molecular formula is C8H17N3O2. The predicted molar refractivity (Wildman–Crippen MR) is 50.8 cm³/mol. The molecule has 76 valence electrons. The average Bonchev–Trinajstić information content (AvgIpc) is 2.02. The van der Waals surface area contributed by atoms with Crippen LogP contribution < -0.4 is 5.73 Å². The zero-order chi connectivity index (χ0) is 10.4. The molecule has 0 aromatic heterocycles. The van der Waals surface area contributed by atoms with Crippen molar-refractivity contribution in [3.05, 3.63) is 0 Å². The third kappa shape index (κ3) is 4.35. The van der Waals surface area contributed by atoms with Gasteiger partial charge in [-0.1, -0.05) is 0 Å². The Morgan fingerprint density at radius 1 is 1.69 bits per heavy atom.